The van der Waals surface area contributed by atoms with Crippen LogP contribution in [0.5, 0.6) is 0 Å². The molecule has 0 spiro atoms. The summed E-state index contributed by atoms with van der Waals surface area (Å²) in [6.45, 7) is 2.78. The average Bonchev–Trinajstić information content (AvgIpc) is 2.54. The molecule has 0 aromatic heterocycles. The van der Waals surface area contributed by atoms with E-state index >= 15 is 0 Å². The highest BCUT2D eigenvalue weighted by molar-refractivity contribution is 6.31. The van der Waals surface area contributed by atoms with Crippen LogP contribution in [0.3, 0.4) is 0 Å². The highest BCUT2D eigenvalue weighted by Crippen LogP contribution is 2.18. The Bertz CT molecular complexity index is 490. The molecule has 1 aliphatic heterocycles. The molecule has 1 heterocycles. The molecular weight excluding hydrogens is 264 g/mol. The molecule has 1 atom stereocenters. The minimum atomic E-state index is -0.419. The van der Waals surface area contributed by atoms with Gasteiger partial charge in [-0.1, -0.05) is 36.7 Å². The first-order valence-electron chi connectivity index (χ1n) is 6.43. The number of rotatable bonds is 3. The first-order chi connectivity index (χ1) is 9.11. The highest BCUT2D eigenvalue weighted by Gasteiger charge is 2.28. The molecule has 2 rings (SSSR count). The van der Waals surface area contributed by atoms with Crippen LogP contribution in [0.15, 0.2) is 24.3 Å². The molecule has 1 aliphatic rings. The van der Waals surface area contributed by atoms with Crippen LogP contribution >= 0.6 is 11.6 Å². The van der Waals surface area contributed by atoms with E-state index in [1.165, 1.54) is 0 Å². The van der Waals surface area contributed by atoms with Gasteiger partial charge in [0, 0.05) is 24.5 Å². The molecule has 1 aromatic rings. The van der Waals surface area contributed by atoms with E-state index in [0.29, 0.717) is 31.0 Å². The molecule has 2 amide bonds. The largest absolute Gasteiger partial charge is 0.344 e. The molecule has 1 aromatic carbocycles. The van der Waals surface area contributed by atoms with Crippen molar-refractivity contribution in [2.45, 2.75) is 32.4 Å². The van der Waals surface area contributed by atoms with Crippen LogP contribution in [0.4, 0.5) is 0 Å². The number of carbonyl (C=O) groups excluding carboxylic acids is 2. The Hall–Kier alpha value is -1.55. The quantitative estimate of drug-likeness (QED) is 0.920. The summed E-state index contributed by atoms with van der Waals surface area (Å²) in [5.41, 5.74) is 0.904. The summed E-state index contributed by atoms with van der Waals surface area (Å²) < 4.78 is 0. The van der Waals surface area contributed by atoms with Crippen molar-refractivity contribution >= 4 is 23.4 Å². The highest BCUT2D eigenvalue weighted by atomic mass is 35.5. The molecule has 1 fully saturated rings. The summed E-state index contributed by atoms with van der Waals surface area (Å²) in [7, 11) is 0. The Morgan fingerprint density at radius 3 is 2.79 bits per heavy atom. The van der Waals surface area contributed by atoms with E-state index in [0.717, 1.165) is 5.56 Å². The molecule has 19 heavy (non-hydrogen) atoms. The Morgan fingerprint density at radius 2 is 2.11 bits per heavy atom. The predicted octanol–water partition coefficient (Wildman–Crippen LogP) is 1.97. The zero-order valence-corrected chi connectivity index (χ0v) is 11.6. The van der Waals surface area contributed by atoms with Crippen molar-refractivity contribution in [1.82, 2.24) is 10.2 Å². The molecule has 0 saturated carbocycles. The number of amides is 2. The van der Waals surface area contributed by atoms with Gasteiger partial charge in [-0.3, -0.25) is 9.59 Å². The molecule has 102 valence electrons. The predicted molar refractivity (Wildman–Crippen MR) is 73.7 cm³/mol. The number of nitrogens with zero attached hydrogens (tertiary/aromatic N) is 1. The molecule has 0 bridgehead atoms. The lowest BCUT2D eigenvalue weighted by Gasteiger charge is -2.23. The normalized spacial score (nSPS) is 20.1. The summed E-state index contributed by atoms with van der Waals surface area (Å²) in [5, 5.41) is 3.39. The zero-order valence-electron chi connectivity index (χ0n) is 10.9. The standard InChI is InChI=1S/C14H17ClN2O2/c1-2-12-14(19)17(8-7-13(18)16-12)9-10-5-3-4-6-11(10)15/h3-6,12H,2,7-9H2,1H3,(H,16,18). The Morgan fingerprint density at radius 1 is 1.37 bits per heavy atom. The van der Waals surface area contributed by atoms with E-state index < -0.39 is 6.04 Å². The first-order valence-corrected chi connectivity index (χ1v) is 6.81. The van der Waals surface area contributed by atoms with E-state index in [-0.39, 0.29) is 11.8 Å². The Kier molecular flexibility index (Phi) is 4.43. The maximum absolute atomic E-state index is 12.3. The van der Waals surface area contributed by atoms with Crippen molar-refractivity contribution in [3.8, 4) is 0 Å². The fourth-order valence-electron chi connectivity index (χ4n) is 2.16. The molecule has 1 saturated heterocycles. The molecule has 4 nitrogen and oxygen atoms in total. The van der Waals surface area contributed by atoms with Crippen LogP contribution in [0.25, 0.3) is 0 Å². The number of hydrogen-bond acceptors (Lipinski definition) is 2. The molecule has 5 heteroatoms. The molecule has 1 unspecified atom stereocenters. The van der Waals surface area contributed by atoms with E-state index in [4.69, 9.17) is 11.6 Å². The SMILES string of the molecule is CCC1NC(=O)CCN(Cc2ccccc2Cl)C1=O. The van der Waals surface area contributed by atoms with Crippen LogP contribution in [0, 0.1) is 0 Å². The topological polar surface area (TPSA) is 49.4 Å². The van der Waals surface area contributed by atoms with Gasteiger partial charge in [-0.2, -0.15) is 0 Å². The number of halogens is 1. The molecule has 1 N–H and O–H groups in total. The van der Waals surface area contributed by atoms with Gasteiger partial charge in [0.15, 0.2) is 0 Å². The second-order valence-corrected chi connectivity index (χ2v) is 5.04. The average molecular weight is 281 g/mol. The van der Waals surface area contributed by atoms with Gasteiger partial charge in [0.25, 0.3) is 0 Å². The smallest absolute Gasteiger partial charge is 0.245 e. The zero-order chi connectivity index (χ0) is 13.8. The second kappa shape index (κ2) is 6.06. The van der Waals surface area contributed by atoms with Crippen molar-refractivity contribution in [3.63, 3.8) is 0 Å². The summed E-state index contributed by atoms with van der Waals surface area (Å²) >= 11 is 6.11. The second-order valence-electron chi connectivity index (χ2n) is 4.63. The van der Waals surface area contributed by atoms with Gasteiger partial charge in [-0.25, -0.2) is 0 Å². The maximum Gasteiger partial charge on any atom is 0.245 e. The van der Waals surface area contributed by atoms with Gasteiger partial charge in [0.2, 0.25) is 11.8 Å². The third-order valence-corrected chi connectivity index (χ3v) is 3.65. The summed E-state index contributed by atoms with van der Waals surface area (Å²) in [4.78, 5) is 25.6. The maximum atomic E-state index is 12.3. The van der Waals surface area contributed by atoms with Gasteiger partial charge >= 0.3 is 0 Å². The van der Waals surface area contributed by atoms with Crippen LogP contribution in [0.1, 0.15) is 25.3 Å². The third kappa shape index (κ3) is 3.26. The van der Waals surface area contributed by atoms with Crippen molar-refractivity contribution in [2.75, 3.05) is 6.54 Å². The third-order valence-electron chi connectivity index (χ3n) is 3.28. The lowest BCUT2D eigenvalue weighted by atomic mass is 10.1. The van der Waals surface area contributed by atoms with Crippen LogP contribution in [0.2, 0.25) is 5.02 Å². The van der Waals surface area contributed by atoms with E-state index in [1.54, 1.807) is 11.0 Å². The van der Waals surface area contributed by atoms with E-state index in [1.807, 2.05) is 25.1 Å². The number of benzene rings is 1. The summed E-state index contributed by atoms with van der Waals surface area (Å²) in [5.74, 6) is -0.102. The van der Waals surface area contributed by atoms with E-state index in [2.05, 4.69) is 5.32 Å². The van der Waals surface area contributed by atoms with Crippen molar-refractivity contribution in [2.24, 2.45) is 0 Å². The van der Waals surface area contributed by atoms with Gasteiger partial charge in [0.1, 0.15) is 6.04 Å². The number of nitrogens with one attached hydrogen (secondary N) is 1. The van der Waals surface area contributed by atoms with Gasteiger partial charge < -0.3 is 10.2 Å². The Labute approximate surface area is 117 Å². The van der Waals surface area contributed by atoms with Crippen molar-refractivity contribution in [3.05, 3.63) is 34.9 Å². The van der Waals surface area contributed by atoms with Crippen LogP contribution in [-0.2, 0) is 16.1 Å². The molecule has 0 radical (unpaired) electrons. The number of hydrogen-bond donors (Lipinski definition) is 1. The fraction of sp³-hybridized carbons (Fsp3) is 0.429. The Balaban J connectivity index is 2.16. The minimum Gasteiger partial charge on any atom is -0.344 e. The summed E-state index contributed by atoms with van der Waals surface area (Å²) in [6, 6.07) is 7.04. The first kappa shape index (κ1) is 13.9. The number of carbonyl (C=O) groups is 2. The minimum absolute atomic E-state index is 0.0340. The van der Waals surface area contributed by atoms with E-state index in [9.17, 15) is 9.59 Å². The monoisotopic (exact) mass is 280 g/mol. The summed E-state index contributed by atoms with van der Waals surface area (Å²) in [6.07, 6.45) is 0.941. The lowest BCUT2D eigenvalue weighted by molar-refractivity contribution is -0.134. The van der Waals surface area contributed by atoms with Gasteiger partial charge in [-0.15, -0.1) is 0 Å². The molecular formula is C14H17ClN2O2. The van der Waals surface area contributed by atoms with Crippen molar-refractivity contribution < 1.29 is 9.59 Å². The molecule has 0 aliphatic carbocycles. The van der Waals surface area contributed by atoms with Gasteiger partial charge in [0.05, 0.1) is 0 Å². The van der Waals surface area contributed by atoms with Crippen LogP contribution in [-0.4, -0.2) is 29.3 Å². The van der Waals surface area contributed by atoms with Gasteiger partial charge in [-0.05, 0) is 18.1 Å². The lowest BCUT2D eigenvalue weighted by Crippen LogP contribution is -2.43. The van der Waals surface area contributed by atoms with Crippen molar-refractivity contribution in [1.29, 1.82) is 0 Å². The fourth-order valence-corrected chi connectivity index (χ4v) is 2.36. The van der Waals surface area contributed by atoms with Crippen LogP contribution < -0.4 is 5.32 Å².